The number of carboxylic acid groups (broad SMARTS) is 1. The van der Waals surface area contributed by atoms with Crippen molar-refractivity contribution in [2.24, 2.45) is 0 Å². The van der Waals surface area contributed by atoms with Crippen LogP contribution in [0.5, 0.6) is 0 Å². The van der Waals surface area contributed by atoms with Gasteiger partial charge in [0.15, 0.2) is 4.08 Å². The van der Waals surface area contributed by atoms with Crippen molar-refractivity contribution in [2.45, 2.75) is 11.0 Å². The Morgan fingerprint density at radius 2 is 2.25 bits per heavy atom. The lowest BCUT2D eigenvalue weighted by Crippen LogP contribution is -2.23. The number of thioether (sulfide) groups is 1. The van der Waals surface area contributed by atoms with E-state index in [1.165, 1.54) is 11.8 Å². The molecule has 1 unspecified atom stereocenters. The summed E-state index contributed by atoms with van der Waals surface area (Å²) in [5.74, 6) is -0.895. The molecule has 0 spiro atoms. The predicted octanol–water partition coefficient (Wildman–Crippen LogP) is 1.08. The smallest absolute Gasteiger partial charge is 0.329 e. The molecular weight excluding hydrogens is 144 g/mol. The summed E-state index contributed by atoms with van der Waals surface area (Å²) in [6, 6.07) is 0. The lowest BCUT2D eigenvalue weighted by molar-refractivity contribution is -0.136. The molecule has 0 aliphatic carbocycles. The SMILES string of the molecule is CSC(C)(S)C(=O)O. The lowest BCUT2D eigenvalue weighted by Gasteiger charge is -2.12. The Labute approximate surface area is 58.1 Å². The van der Waals surface area contributed by atoms with Crippen molar-refractivity contribution >= 4 is 30.4 Å². The highest BCUT2D eigenvalue weighted by atomic mass is 32.2. The van der Waals surface area contributed by atoms with E-state index in [2.05, 4.69) is 12.6 Å². The molecule has 0 bridgehead atoms. The second-order valence-corrected chi connectivity index (χ2v) is 3.91. The molecule has 2 nitrogen and oxygen atoms in total. The van der Waals surface area contributed by atoms with Crippen LogP contribution in [0, 0.1) is 0 Å². The molecule has 0 aliphatic rings. The molecule has 0 aromatic heterocycles. The first-order chi connectivity index (χ1) is 3.50. The Kier molecular flexibility index (Phi) is 2.70. The van der Waals surface area contributed by atoms with Gasteiger partial charge in [-0.2, -0.15) is 12.6 Å². The minimum Gasteiger partial charge on any atom is -0.480 e. The lowest BCUT2D eigenvalue weighted by atomic mass is 10.5. The monoisotopic (exact) mass is 152 g/mol. The number of hydrogen-bond acceptors (Lipinski definition) is 3. The molecule has 8 heavy (non-hydrogen) atoms. The van der Waals surface area contributed by atoms with Gasteiger partial charge in [-0.3, -0.25) is 0 Å². The van der Waals surface area contributed by atoms with E-state index in [-0.39, 0.29) is 0 Å². The third kappa shape index (κ3) is 1.96. The Bertz CT molecular complexity index is 100. The first-order valence-electron chi connectivity index (χ1n) is 2.01. The molecule has 1 N–H and O–H groups in total. The normalized spacial score (nSPS) is 17.4. The molecule has 0 fully saturated rings. The zero-order valence-electron chi connectivity index (χ0n) is 4.71. The summed E-state index contributed by atoms with van der Waals surface area (Å²) < 4.78 is -0.931. The van der Waals surface area contributed by atoms with Crippen LogP contribution < -0.4 is 0 Å². The van der Waals surface area contributed by atoms with Gasteiger partial charge >= 0.3 is 5.97 Å². The van der Waals surface area contributed by atoms with E-state index in [1.54, 1.807) is 13.2 Å². The van der Waals surface area contributed by atoms with Crippen LogP contribution in [0.1, 0.15) is 6.92 Å². The molecule has 0 radical (unpaired) electrons. The van der Waals surface area contributed by atoms with Crippen LogP contribution in [0.4, 0.5) is 0 Å². The average Bonchev–Trinajstić information content (AvgIpc) is 1.67. The first kappa shape index (κ1) is 8.17. The molecule has 48 valence electrons. The van der Waals surface area contributed by atoms with Crippen LogP contribution in [0.15, 0.2) is 0 Å². The van der Waals surface area contributed by atoms with Crippen LogP contribution in [-0.2, 0) is 4.79 Å². The van der Waals surface area contributed by atoms with Gasteiger partial charge in [-0.1, -0.05) is 0 Å². The number of rotatable bonds is 2. The maximum Gasteiger partial charge on any atom is 0.329 e. The molecule has 0 heterocycles. The van der Waals surface area contributed by atoms with Gasteiger partial charge in [0.1, 0.15) is 0 Å². The van der Waals surface area contributed by atoms with E-state index in [0.717, 1.165) is 0 Å². The van der Waals surface area contributed by atoms with Crippen molar-refractivity contribution in [1.82, 2.24) is 0 Å². The number of hydrogen-bond donors (Lipinski definition) is 2. The Hall–Kier alpha value is 0.170. The van der Waals surface area contributed by atoms with Gasteiger partial charge in [0.2, 0.25) is 0 Å². The van der Waals surface area contributed by atoms with Crippen molar-refractivity contribution in [2.75, 3.05) is 6.26 Å². The largest absolute Gasteiger partial charge is 0.480 e. The van der Waals surface area contributed by atoms with Gasteiger partial charge in [0.25, 0.3) is 0 Å². The summed E-state index contributed by atoms with van der Waals surface area (Å²) in [7, 11) is 0. The van der Waals surface area contributed by atoms with E-state index in [0.29, 0.717) is 0 Å². The summed E-state index contributed by atoms with van der Waals surface area (Å²) in [5.41, 5.74) is 0. The van der Waals surface area contributed by atoms with Crippen molar-refractivity contribution in [3.8, 4) is 0 Å². The molecule has 0 aromatic rings. The average molecular weight is 152 g/mol. The van der Waals surface area contributed by atoms with Gasteiger partial charge in [-0.25, -0.2) is 4.79 Å². The van der Waals surface area contributed by atoms with E-state index >= 15 is 0 Å². The molecule has 0 saturated heterocycles. The molecule has 0 rings (SSSR count). The van der Waals surface area contributed by atoms with E-state index in [1.807, 2.05) is 0 Å². The standard InChI is InChI=1S/C4H8O2S2/c1-4(7,8-2)3(5)6/h7H,1-2H3,(H,5,6). The zero-order valence-corrected chi connectivity index (χ0v) is 6.42. The maximum absolute atomic E-state index is 10.2. The molecule has 0 aliphatic heterocycles. The predicted molar refractivity (Wildman–Crippen MR) is 38.5 cm³/mol. The van der Waals surface area contributed by atoms with E-state index in [9.17, 15) is 4.79 Å². The fraction of sp³-hybridized carbons (Fsp3) is 0.750. The Morgan fingerprint density at radius 3 is 2.25 bits per heavy atom. The van der Waals surface area contributed by atoms with Crippen LogP contribution in [0.25, 0.3) is 0 Å². The topological polar surface area (TPSA) is 37.3 Å². The highest BCUT2D eigenvalue weighted by Crippen LogP contribution is 2.25. The minimum atomic E-state index is -0.931. The van der Waals surface area contributed by atoms with Crippen molar-refractivity contribution in [3.05, 3.63) is 0 Å². The van der Waals surface area contributed by atoms with Crippen molar-refractivity contribution in [1.29, 1.82) is 0 Å². The van der Waals surface area contributed by atoms with Crippen LogP contribution in [0.3, 0.4) is 0 Å². The third-order valence-electron chi connectivity index (χ3n) is 0.794. The fourth-order valence-electron chi connectivity index (χ4n) is 0.0873. The highest BCUT2D eigenvalue weighted by molar-refractivity contribution is 8.12. The number of carboxylic acids is 1. The number of carbonyl (C=O) groups is 1. The molecular formula is C4H8O2S2. The van der Waals surface area contributed by atoms with E-state index < -0.39 is 10.0 Å². The van der Waals surface area contributed by atoms with Crippen LogP contribution in [-0.4, -0.2) is 21.4 Å². The summed E-state index contributed by atoms with van der Waals surface area (Å²) in [5, 5.41) is 8.34. The quantitative estimate of drug-likeness (QED) is 0.459. The second-order valence-electron chi connectivity index (χ2n) is 1.49. The summed E-state index contributed by atoms with van der Waals surface area (Å²) in [6.07, 6.45) is 1.71. The van der Waals surface area contributed by atoms with Crippen LogP contribution >= 0.6 is 24.4 Å². The summed E-state index contributed by atoms with van der Waals surface area (Å²) in [6.45, 7) is 1.54. The molecule has 0 saturated carbocycles. The Balaban J connectivity index is 3.91. The van der Waals surface area contributed by atoms with Gasteiger partial charge < -0.3 is 5.11 Å². The minimum absolute atomic E-state index is 0.895. The zero-order chi connectivity index (χ0) is 6.78. The molecule has 0 aromatic carbocycles. The maximum atomic E-state index is 10.2. The van der Waals surface area contributed by atoms with Crippen molar-refractivity contribution in [3.63, 3.8) is 0 Å². The molecule has 0 amide bonds. The number of thiol groups is 1. The fourth-order valence-corrected chi connectivity index (χ4v) is 0.262. The van der Waals surface area contributed by atoms with Crippen molar-refractivity contribution < 1.29 is 9.90 Å². The number of aliphatic carboxylic acids is 1. The molecule has 4 heteroatoms. The van der Waals surface area contributed by atoms with E-state index in [4.69, 9.17) is 5.11 Å². The summed E-state index contributed by atoms with van der Waals surface area (Å²) >= 11 is 5.04. The first-order valence-corrected chi connectivity index (χ1v) is 3.69. The summed E-state index contributed by atoms with van der Waals surface area (Å²) in [4.78, 5) is 10.2. The van der Waals surface area contributed by atoms with Gasteiger partial charge in [-0.05, 0) is 13.2 Å². The Morgan fingerprint density at radius 1 is 1.88 bits per heavy atom. The second kappa shape index (κ2) is 2.64. The third-order valence-corrected chi connectivity index (χ3v) is 2.50. The highest BCUT2D eigenvalue weighted by Gasteiger charge is 2.26. The molecule has 1 atom stereocenters. The van der Waals surface area contributed by atoms with Gasteiger partial charge in [0.05, 0.1) is 0 Å². The van der Waals surface area contributed by atoms with Gasteiger partial charge in [-0.15, -0.1) is 11.8 Å². The van der Waals surface area contributed by atoms with Crippen LogP contribution in [0.2, 0.25) is 0 Å². The van der Waals surface area contributed by atoms with Gasteiger partial charge in [0, 0.05) is 0 Å².